The molecule has 0 saturated carbocycles. The molecule has 98 valence electrons. The molecule has 0 bridgehead atoms. The Hall–Kier alpha value is -1.94. The van der Waals surface area contributed by atoms with Crippen molar-refractivity contribution in [3.05, 3.63) is 50.9 Å². The zero-order valence-corrected chi connectivity index (χ0v) is 11.1. The van der Waals surface area contributed by atoms with Crippen molar-refractivity contribution >= 4 is 0 Å². The summed E-state index contributed by atoms with van der Waals surface area (Å²) in [7, 11) is 0. The number of ether oxygens (including phenoxy) is 1. The first kappa shape index (κ1) is 12.1. The number of aryl methyl sites for hydroxylation is 2. The quantitative estimate of drug-likeness (QED) is 0.850. The normalized spacial score (nSPS) is 14.2. The zero-order chi connectivity index (χ0) is 13.4. The van der Waals surface area contributed by atoms with E-state index in [1.54, 1.807) is 0 Å². The number of hydrogen-bond acceptors (Lipinski definition) is 3. The van der Waals surface area contributed by atoms with Crippen LogP contribution in [0.5, 0.6) is 0 Å². The van der Waals surface area contributed by atoms with Gasteiger partial charge in [-0.15, -0.1) is 0 Å². The molecule has 2 aromatic rings. The van der Waals surface area contributed by atoms with E-state index in [1.807, 2.05) is 19.9 Å². The highest BCUT2D eigenvalue weighted by Gasteiger charge is 2.17. The number of hydrogen-bond donors (Lipinski definition) is 1. The topological polar surface area (TPSA) is 55.0 Å². The maximum absolute atomic E-state index is 12.1. The van der Waals surface area contributed by atoms with E-state index in [2.05, 4.69) is 22.1 Å². The van der Waals surface area contributed by atoms with Gasteiger partial charge in [-0.05, 0) is 25.5 Å². The van der Waals surface area contributed by atoms with E-state index in [0.717, 1.165) is 22.4 Å². The van der Waals surface area contributed by atoms with Crippen molar-refractivity contribution in [3.63, 3.8) is 0 Å². The minimum absolute atomic E-state index is 0.0828. The maximum Gasteiger partial charge on any atom is 0.256 e. The van der Waals surface area contributed by atoms with E-state index in [9.17, 15) is 4.79 Å². The molecular weight excluding hydrogens is 240 g/mol. The largest absolute Gasteiger partial charge is 0.376 e. The van der Waals surface area contributed by atoms with Crippen LogP contribution < -0.4 is 5.56 Å². The van der Waals surface area contributed by atoms with Crippen molar-refractivity contribution < 1.29 is 4.74 Å². The molecule has 0 fully saturated rings. The van der Waals surface area contributed by atoms with Gasteiger partial charge in [0, 0.05) is 12.0 Å². The van der Waals surface area contributed by atoms with Crippen molar-refractivity contribution in [2.75, 3.05) is 6.61 Å². The monoisotopic (exact) mass is 256 g/mol. The van der Waals surface area contributed by atoms with Crippen LogP contribution in [0, 0.1) is 13.8 Å². The van der Waals surface area contributed by atoms with Gasteiger partial charge in [-0.3, -0.25) is 4.79 Å². The second-order valence-corrected chi connectivity index (χ2v) is 4.96. The number of rotatable bonds is 1. The summed E-state index contributed by atoms with van der Waals surface area (Å²) in [5, 5.41) is 0. The molecule has 0 atom stereocenters. The van der Waals surface area contributed by atoms with Gasteiger partial charge in [0.1, 0.15) is 5.82 Å². The molecule has 1 aliphatic rings. The van der Waals surface area contributed by atoms with Crippen molar-refractivity contribution in [2.24, 2.45) is 0 Å². The van der Waals surface area contributed by atoms with E-state index in [-0.39, 0.29) is 5.56 Å². The molecule has 3 rings (SSSR count). The van der Waals surface area contributed by atoms with Gasteiger partial charge in [-0.25, -0.2) is 4.98 Å². The van der Waals surface area contributed by atoms with Crippen LogP contribution in [0.3, 0.4) is 0 Å². The molecule has 19 heavy (non-hydrogen) atoms. The molecule has 1 aromatic heterocycles. The van der Waals surface area contributed by atoms with Gasteiger partial charge < -0.3 is 9.72 Å². The Morgan fingerprint density at radius 3 is 3.00 bits per heavy atom. The van der Waals surface area contributed by atoms with Gasteiger partial charge in [0.05, 0.1) is 24.5 Å². The number of H-pyrrole nitrogens is 1. The molecule has 0 aliphatic carbocycles. The Bertz CT molecular complexity index is 689. The third-order valence-electron chi connectivity index (χ3n) is 3.48. The van der Waals surface area contributed by atoms with Gasteiger partial charge in [0.25, 0.3) is 5.56 Å². The van der Waals surface area contributed by atoms with Gasteiger partial charge in [0.2, 0.25) is 0 Å². The lowest BCUT2D eigenvalue weighted by atomic mass is 10.0. The molecule has 0 amide bonds. The van der Waals surface area contributed by atoms with E-state index in [1.165, 1.54) is 0 Å². The molecule has 2 heterocycles. The summed E-state index contributed by atoms with van der Waals surface area (Å²) in [6.07, 6.45) is 0.705. The highest BCUT2D eigenvalue weighted by Crippen LogP contribution is 2.22. The predicted octanol–water partition coefficient (Wildman–Crippen LogP) is 2.13. The van der Waals surface area contributed by atoms with Crippen LogP contribution in [0.25, 0.3) is 11.4 Å². The lowest BCUT2D eigenvalue weighted by molar-refractivity contribution is 0.108. The number of aromatic nitrogens is 2. The molecule has 0 saturated heterocycles. The van der Waals surface area contributed by atoms with E-state index < -0.39 is 0 Å². The van der Waals surface area contributed by atoms with Crippen LogP contribution in [0.4, 0.5) is 0 Å². The van der Waals surface area contributed by atoms with Crippen LogP contribution in [0.2, 0.25) is 0 Å². The molecule has 1 N–H and O–H groups in total. The summed E-state index contributed by atoms with van der Waals surface area (Å²) in [6, 6.07) is 6.16. The summed E-state index contributed by atoms with van der Waals surface area (Å²) in [6.45, 7) is 5.06. The number of aromatic amines is 1. The molecule has 4 heteroatoms. The Morgan fingerprint density at radius 1 is 1.32 bits per heavy atom. The van der Waals surface area contributed by atoms with Crippen LogP contribution >= 0.6 is 0 Å². The van der Waals surface area contributed by atoms with Crippen LogP contribution in [-0.2, 0) is 17.8 Å². The Labute approximate surface area is 111 Å². The minimum Gasteiger partial charge on any atom is -0.376 e. The summed E-state index contributed by atoms with van der Waals surface area (Å²) >= 11 is 0. The minimum atomic E-state index is -0.0828. The van der Waals surface area contributed by atoms with Crippen molar-refractivity contribution in [3.8, 4) is 11.4 Å². The second kappa shape index (κ2) is 4.63. The second-order valence-electron chi connectivity index (χ2n) is 4.96. The molecule has 0 radical (unpaired) electrons. The molecule has 4 nitrogen and oxygen atoms in total. The van der Waals surface area contributed by atoms with Crippen molar-refractivity contribution in [1.29, 1.82) is 0 Å². The van der Waals surface area contributed by atoms with Gasteiger partial charge >= 0.3 is 0 Å². The first-order chi connectivity index (χ1) is 9.15. The smallest absolute Gasteiger partial charge is 0.256 e. The van der Waals surface area contributed by atoms with Crippen LogP contribution in [0.1, 0.15) is 22.4 Å². The van der Waals surface area contributed by atoms with Crippen molar-refractivity contribution in [1.82, 2.24) is 9.97 Å². The van der Waals surface area contributed by atoms with E-state index >= 15 is 0 Å². The fraction of sp³-hybridized carbons (Fsp3) is 0.333. The standard InChI is InChI=1S/C15H16N2O2/c1-9-3-4-10(2)11(7-9)14-16-13-5-6-19-8-12(13)15(18)17-14/h3-4,7H,5-6,8H2,1-2H3,(H,16,17,18). The molecule has 0 unspecified atom stereocenters. The zero-order valence-electron chi connectivity index (χ0n) is 11.1. The number of nitrogens with zero attached hydrogens (tertiary/aromatic N) is 1. The Kier molecular flexibility index (Phi) is 2.95. The number of nitrogens with one attached hydrogen (secondary N) is 1. The lowest BCUT2D eigenvalue weighted by Gasteiger charge is -2.16. The molecular formula is C15H16N2O2. The Morgan fingerprint density at radius 2 is 2.16 bits per heavy atom. The van der Waals surface area contributed by atoms with Gasteiger partial charge in [0.15, 0.2) is 0 Å². The first-order valence-electron chi connectivity index (χ1n) is 6.42. The van der Waals surface area contributed by atoms with Gasteiger partial charge in [-0.1, -0.05) is 17.7 Å². The van der Waals surface area contributed by atoms with E-state index in [4.69, 9.17) is 4.74 Å². The van der Waals surface area contributed by atoms with E-state index in [0.29, 0.717) is 31.0 Å². The Balaban J connectivity index is 2.18. The molecule has 1 aliphatic heterocycles. The molecule has 1 aromatic carbocycles. The third-order valence-corrected chi connectivity index (χ3v) is 3.48. The summed E-state index contributed by atoms with van der Waals surface area (Å²) < 4.78 is 5.31. The van der Waals surface area contributed by atoms with Crippen LogP contribution in [0.15, 0.2) is 23.0 Å². The summed E-state index contributed by atoms with van der Waals surface area (Å²) in [5.41, 5.74) is 4.71. The molecule has 0 spiro atoms. The average Bonchev–Trinajstić information content (AvgIpc) is 2.41. The highest BCUT2D eigenvalue weighted by molar-refractivity contribution is 5.61. The summed E-state index contributed by atoms with van der Waals surface area (Å²) in [5.74, 6) is 0.659. The highest BCUT2D eigenvalue weighted by atomic mass is 16.5. The third kappa shape index (κ3) is 2.19. The predicted molar refractivity (Wildman–Crippen MR) is 73.1 cm³/mol. The lowest BCUT2D eigenvalue weighted by Crippen LogP contribution is -2.24. The first-order valence-corrected chi connectivity index (χ1v) is 6.42. The fourth-order valence-electron chi connectivity index (χ4n) is 2.36. The summed E-state index contributed by atoms with van der Waals surface area (Å²) in [4.78, 5) is 19.6. The van der Waals surface area contributed by atoms with Crippen LogP contribution in [-0.4, -0.2) is 16.6 Å². The average molecular weight is 256 g/mol. The van der Waals surface area contributed by atoms with Crippen molar-refractivity contribution in [2.45, 2.75) is 26.9 Å². The van der Waals surface area contributed by atoms with Gasteiger partial charge in [-0.2, -0.15) is 0 Å². The SMILES string of the molecule is Cc1ccc(C)c(-c2nc3c(c(=O)[nH]2)COCC3)c1. The maximum atomic E-state index is 12.1. The fourth-order valence-corrected chi connectivity index (χ4v) is 2.36. The number of fused-ring (bicyclic) bond motifs is 1. The number of benzene rings is 1.